The van der Waals surface area contributed by atoms with Gasteiger partial charge in [-0.25, -0.2) is 0 Å². The molecule has 0 heterocycles. The highest BCUT2D eigenvalue weighted by molar-refractivity contribution is 5.51. The van der Waals surface area contributed by atoms with E-state index >= 15 is 0 Å². The zero-order chi connectivity index (χ0) is 11.0. The summed E-state index contributed by atoms with van der Waals surface area (Å²) in [5, 5.41) is 0. The van der Waals surface area contributed by atoms with Gasteiger partial charge in [-0.3, -0.25) is 8.97 Å². The van der Waals surface area contributed by atoms with Gasteiger partial charge in [-0.05, 0) is 0 Å². The van der Waals surface area contributed by atoms with Crippen LogP contribution in [0.5, 0.6) is 0 Å². The van der Waals surface area contributed by atoms with Gasteiger partial charge in [-0.2, -0.15) is 0 Å². The van der Waals surface area contributed by atoms with Crippen LogP contribution in [0.2, 0.25) is 0 Å². The Morgan fingerprint density at radius 3 is 0.929 bits per heavy atom. The second-order valence-corrected chi connectivity index (χ2v) is 5.54. The van der Waals surface area contributed by atoms with Gasteiger partial charge in [-0.1, -0.05) is 0 Å². The standard InChI is InChI=1S/C12H22N2/c1-13(2,3)11-7-9-12(10-8-11)14(4,5)6/h7-10H,1-6H3/q+2. The zero-order valence-electron chi connectivity index (χ0n) is 10.2. The van der Waals surface area contributed by atoms with E-state index < -0.39 is 0 Å². The summed E-state index contributed by atoms with van der Waals surface area (Å²) in [6, 6.07) is 8.83. The molecular formula is C12H22N2+2. The Morgan fingerprint density at radius 1 is 0.571 bits per heavy atom. The largest absolute Gasteiger partial charge is 0.298 e. The molecule has 0 aromatic heterocycles. The molecular weight excluding hydrogens is 172 g/mol. The van der Waals surface area contributed by atoms with Crippen molar-refractivity contribution in [2.24, 2.45) is 0 Å². The van der Waals surface area contributed by atoms with E-state index in [0.717, 1.165) is 8.97 Å². The fourth-order valence-corrected chi connectivity index (χ4v) is 1.35. The molecule has 0 aliphatic heterocycles. The highest BCUT2D eigenvalue weighted by Gasteiger charge is 2.15. The average molecular weight is 194 g/mol. The van der Waals surface area contributed by atoms with Crippen molar-refractivity contribution in [3.63, 3.8) is 0 Å². The minimum Gasteiger partial charge on any atom is -0.298 e. The molecule has 0 aliphatic rings. The molecule has 0 aliphatic carbocycles. The van der Waals surface area contributed by atoms with Gasteiger partial charge >= 0.3 is 0 Å². The maximum Gasteiger partial charge on any atom is 0.132 e. The summed E-state index contributed by atoms with van der Waals surface area (Å²) < 4.78 is 1.74. The smallest absolute Gasteiger partial charge is 0.132 e. The van der Waals surface area contributed by atoms with Crippen molar-refractivity contribution in [3.05, 3.63) is 24.3 Å². The van der Waals surface area contributed by atoms with Gasteiger partial charge < -0.3 is 0 Å². The first-order chi connectivity index (χ1) is 6.21. The van der Waals surface area contributed by atoms with E-state index in [1.165, 1.54) is 11.4 Å². The summed E-state index contributed by atoms with van der Waals surface area (Å²) in [6.45, 7) is 0. The molecule has 0 saturated heterocycles. The van der Waals surface area contributed by atoms with Crippen LogP contribution in [-0.2, 0) is 0 Å². The maximum atomic E-state index is 2.21. The number of hydrogen-bond donors (Lipinski definition) is 0. The van der Waals surface area contributed by atoms with Crippen LogP contribution in [0.1, 0.15) is 0 Å². The maximum absolute atomic E-state index is 2.21. The fourth-order valence-electron chi connectivity index (χ4n) is 1.35. The number of quaternary nitrogens is 2. The second kappa shape index (κ2) is 3.37. The third-order valence-corrected chi connectivity index (χ3v) is 2.40. The molecule has 0 bridgehead atoms. The van der Waals surface area contributed by atoms with Gasteiger partial charge in [0.25, 0.3) is 0 Å². The highest BCUT2D eigenvalue weighted by atomic mass is 15.3. The molecule has 14 heavy (non-hydrogen) atoms. The zero-order valence-corrected chi connectivity index (χ0v) is 10.2. The van der Waals surface area contributed by atoms with E-state index in [1.54, 1.807) is 0 Å². The molecule has 1 aromatic carbocycles. The molecule has 1 rings (SSSR count). The van der Waals surface area contributed by atoms with Gasteiger partial charge in [0.1, 0.15) is 11.4 Å². The first-order valence-corrected chi connectivity index (χ1v) is 4.95. The van der Waals surface area contributed by atoms with E-state index in [1.807, 2.05) is 0 Å². The van der Waals surface area contributed by atoms with Gasteiger partial charge in [-0.15, -0.1) is 0 Å². The van der Waals surface area contributed by atoms with Crippen LogP contribution in [0.4, 0.5) is 11.4 Å². The first-order valence-electron chi connectivity index (χ1n) is 4.95. The number of rotatable bonds is 2. The summed E-state index contributed by atoms with van der Waals surface area (Å²) >= 11 is 0. The van der Waals surface area contributed by atoms with Crippen LogP contribution < -0.4 is 8.97 Å². The Labute approximate surface area is 87.6 Å². The van der Waals surface area contributed by atoms with Gasteiger partial charge in [0.2, 0.25) is 0 Å². The Bertz CT molecular complexity index is 266. The Balaban J connectivity index is 3.02. The lowest BCUT2D eigenvalue weighted by Gasteiger charge is -2.26. The van der Waals surface area contributed by atoms with Crippen LogP contribution in [0.15, 0.2) is 24.3 Å². The van der Waals surface area contributed by atoms with Crippen molar-refractivity contribution >= 4 is 11.4 Å². The molecule has 0 spiro atoms. The van der Waals surface area contributed by atoms with E-state index in [-0.39, 0.29) is 0 Å². The lowest BCUT2D eigenvalue weighted by Crippen LogP contribution is -2.36. The fraction of sp³-hybridized carbons (Fsp3) is 0.500. The van der Waals surface area contributed by atoms with Crippen molar-refractivity contribution in [2.45, 2.75) is 0 Å². The third kappa shape index (κ3) is 2.56. The van der Waals surface area contributed by atoms with E-state index in [9.17, 15) is 0 Å². The Morgan fingerprint density at radius 2 is 0.786 bits per heavy atom. The molecule has 0 atom stereocenters. The van der Waals surface area contributed by atoms with Gasteiger partial charge in [0, 0.05) is 24.3 Å². The molecule has 0 saturated carbocycles. The van der Waals surface area contributed by atoms with Crippen LogP contribution >= 0.6 is 0 Å². The van der Waals surface area contributed by atoms with E-state index in [2.05, 4.69) is 66.6 Å². The molecule has 1 aromatic rings. The number of nitrogens with zero attached hydrogens (tertiary/aromatic N) is 2. The number of benzene rings is 1. The van der Waals surface area contributed by atoms with E-state index in [0.29, 0.717) is 0 Å². The highest BCUT2D eigenvalue weighted by Crippen LogP contribution is 2.23. The van der Waals surface area contributed by atoms with Crippen molar-refractivity contribution < 1.29 is 0 Å². The normalized spacial score (nSPS) is 13.0. The van der Waals surface area contributed by atoms with Crippen molar-refractivity contribution in [3.8, 4) is 0 Å². The van der Waals surface area contributed by atoms with Crippen LogP contribution in [0.3, 0.4) is 0 Å². The van der Waals surface area contributed by atoms with Gasteiger partial charge in [0.05, 0.1) is 42.3 Å². The molecule has 0 N–H and O–H groups in total. The van der Waals surface area contributed by atoms with Crippen LogP contribution in [-0.4, -0.2) is 42.3 Å². The number of hydrogen-bond acceptors (Lipinski definition) is 0. The molecule has 2 heteroatoms. The predicted molar refractivity (Wildman–Crippen MR) is 65.6 cm³/mol. The summed E-state index contributed by atoms with van der Waals surface area (Å²) in [5.74, 6) is 0. The second-order valence-electron chi connectivity index (χ2n) is 5.54. The quantitative estimate of drug-likeness (QED) is 0.632. The minimum absolute atomic E-state index is 0.872. The lowest BCUT2D eigenvalue weighted by atomic mass is 10.2. The molecule has 0 unspecified atom stereocenters. The Hall–Kier alpha value is -0.860. The van der Waals surface area contributed by atoms with Crippen LogP contribution in [0, 0.1) is 0 Å². The third-order valence-electron chi connectivity index (χ3n) is 2.40. The van der Waals surface area contributed by atoms with Crippen LogP contribution in [0.25, 0.3) is 0 Å². The summed E-state index contributed by atoms with van der Waals surface area (Å²) in [4.78, 5) is 0. The lowest BCUT2D eigenvalue weighted by molar-refractivity contribution is 0.477. The summed E-state index contributed by atoms with van der Waals surface area (Å²) in [5.41, 5.74) is 2.67. The molecule has 78 valence electrons. The van der Waals surface area contributed by atoms with Crippen molar-refractivity contribution in [1.29, 1.82) is 0 Å². The molecule has 2 nitrogen and oxygen atoms in total. The average Bonchev–Trinajstić information content (AvgIpc) is 2.01. The van der Waals surface area contributed by atoms with Gasteiger partial charge in [0.15, 0.2) is 0 Å². The summed E-state index contributed by atoms with van der Waals surface area (Å²) in [7, 11) is 13.1. The molecule has 0 amide bonds. The SMILES string of the molecule is C[N+](C)(C)c1ccc([N+](C)(C)C)cc1. The monoisotopic (exact) mass is 194 g/mol. The van der Waals surface area contributed by atoms with E-state index in [4.69, 9.17) is 0 Å². The first kappa shape index (κ1) is 11.2. The minimum atomic E-state index is 0.872. The topological polar surface area (TPSA) is 0 Å². The molecule has 0 fully saturated rings. The van der Waals surface area contributed by atoms with Crippen molar-refractivity contribution in [1.82, 2.24) is 8.97 Å². The summed E-state index contributed by atoms with van der Waals surface area (Å²) in [6.07, 6.45) is 0. The Kier molecular flexibility index (Phi) is 2.70. The molecule has 0 radical (unpaired) electrons. The predicted octanol–water partition coefficient (Wildman–Crippen LogP) is 2.08. The van der Waals surface area contributed by atoms with Crippen molar-refractivity contribution in [2.75, 3.05) is 42.3 Å².